The molecule has 0 amide bonds. The van der Waals surface area contributed by atoms with Crippen LogP contribution in [-0.2, 0) is 4.74 Å². The number of likely N-dealkylation sites (N-methyl/N-ethyl adjacent to an activating group) is 1. The summed E-state index contributed by atoms with van der Waals surface area (Å²) in [4.78, 5) is 6.37. The van der Waals surface area contributed by atoms with Gasteiger partial charge in [0.05, 0.1) is 6.61 Å². The van der Waals surface area contributed by atoms with E-state index >= 15 is 0 Å². The number of benzene rings is 1. The molecule has 0 saturated carbocycles. The summed E-state index contributed by atoms with van der Waals surface area (Å²) in [7, 11) is 3.62. The number of fused-ring (bicyclic) bond motifs is 1. The minimum Gasteiger partial charge on any atom is -0.423 e. The Morgan fingerprint density at radius 3 is 3.00 bits per heavy atom. The smallest absolute Gasteiger partial charge is 0.298 e. The number of nitrogens with zero attached hydrogens (tertiary/aromatic N) is 2. The molecule has 0 saturated heterocycles. The van der Waals surface area contributed by atoms with Gasteiger partial charge in [-0.05, 0) is 24.6 Å². The lowest BCUT2D eigenvalue weighted by Crippen LogP contribution is -2.22. The van der Waals surface area contributed by atoms with Crippen molar-refractivity contribution in [3.63, 3.8) is 0 Å². The summed E-state index contributed by atoms with van der Waals surface area (Å²) in [6, 6.07) is 6.63. The predicted molar refractivity (Wildman–Crippen MR) is 63.9 cm³/mol. The molecule has 0 fully saturated rings. The molecule has 1 aromatic heterocycles. The zero-order valence-corrected chi connectivity index (χ0v) is 9.86. The summed E-state index contributed by atoms with van der Waals surface area (Å²) in [6.45, 7) is 3.47. The lowest BCUT2D eigenvalue weighted by molar-refractivity contribution is 0.205. The van der Waals surface area contributed by atoms with Gasteiger partial charge in [0.25, 0.3) is 6.01 Å². The largest absolute Gasteiger partial charge is 0.423 e. The van der Waals surface area contributed by atoms with Crippen molar-refractivity contribution in [3.05, 3.63) is 23.8 Å². The Hall–Kier alpha value is -1.55. The highest BCUT2D eigenvalue weighted by Crippen LogP contribution is 2.21. The van der Waals surface area contributed by atoms with Crippen molar-refractivity contribution < 1.29 is 9.15 Å². The Morgan fingerprint density at radius 2 is 2.25 bits per heavy atom. The van der Waals surface area contributed by atoms with E-state index in [0.29, 0.717) is 12.6 Å². The first kappa shape index (κ1) is 11.0. The van der Waals surface area contributed by atoms with Gasteiger partial charge in [0.15, 0.2) is 5.58 Å². The van der Waals surface area contributed by atoms with Gasteiger partial charge < -0.3 is 14.1 Å². The van der Waals surface area contributed by atoms with Gasteiger partial charge in [0.2, 0.25) is 0 Å². The fourth-order valence-corrected chi connectivity index (χ4v) is 1.51. The SMILES string of the molecule is COCCN(C)c1nc2cc(C)ccc2o1. The molecule has 2 aromatic rings. The maximum atomic E-state index is 5.64. The number of aryl methyl sites for hydroxylation is 1. The number of oxazole rings is 1. The van der Waals surface area contributed by atoms with E-state index in [-0.39, 0.29) is 0 Å². The molecule has 1 heterocycles. The maximum Gasteiger partial charge on any atom is 0.298 e. The molecule has 0 spiro atoms. The van der Waals surface area contributed by atoms with Crippen LogP contribution in [0, 0.1) is 6.92 Å². The molecule has 0 aliphatic carbocycles. The predicted octanol–water partition coefficient (Wildman–Crippen LogP) is 2.22. The van der Waals surface area contributed by atoms with E-state index < -0.39 is 0 Å². The zero-order chi connectivity index (χ0) is 11.5. The first-order valence-corrected chi connectivity index (χ1v) is 5.28. The molecule has 4 heteroatoms. The van der Waals surface area contributed by atoms with Crippen LogP contribution in [0.15, 0.2) is 22.6 Å². The maximum absolute atomic E-state index is 5.64. The molecule has 0 bridgehead atoms. The minimum atomic E-state index is 0.637. The van der Waals surface area contributed by atoms with Gasteiger partial charge >= 0.3 is 0 Å². The highest BCUT2D eigenvalue weighted by molar-refractivity contribution is 5.75. The van der Waals surface area contributed by atoms with E-state index in [1.165, 1.54) is 5.56 Å². The highest BCUT2D eigenvalue weighted by Gasteiger charge is 2.09. The normalized spacial score (nSPS) is 10.9. The van der Waals surface area contributed by atoms with Gasteiger partial charge in [-0.15, -0.1) is 0 Å². The standard InChI is InChI=1S/C12H16N2O2/c1-9-4-5-11-10(8-9)13-12(16-11)14(2)6-7-15-3/h4-5,8H,6-7H2,1-3H3. The van der Waals surface area contributed by atoms with E-state index in [0.717, 1.165) is 17.6 Å². The van der Waals surface area contributed by atoms with Crippen molar-refractivity contribution in [3.8, 4) is 0 Å². The Balaban J connectivity index is 2.25. The second-order valence-corrected chi connectivity index (χ2v) is 3.88. The molecular weight excluding hydrogens is 204 g/mol. The van der Waals surface area contributed by atoms with Crippen LogP contribution in [0.4, 0.5) is 6.01 Å². The van der Waals surface area contributed by atoms with Crippen molar-refractivity contribution in [1.29, 1.82) is 0 Å². The Kier molecular flexibility index (Phi) is 3.10. The average Bonchev–Trinajstić information content (AvgIpc) is 2.68. The minimum absolute atomic E-state index is 0.637. The van der Waals surface area contributed by atoms with Crippen LogP contribution < -0.4 is 4.90 Å². The first-order valence-electron chi connectivity index (χ1n) is 5.28. The van der Waals surface area contributed by atoms with E-state index in [2.05, 4.69) is 4.98 Å². The lowest BCUT2D eigenvalue weighted by atomic mass is 10.2. The summed E-state index contributed by atoms with van der Waals surface area (Å²) in [5.41, 5.74) is 2.91. The van der Waals surface area contributed by atoms with Crippen LogP contribution in [-0.4, -0.2) is 32.3 Å². The van der Waals surface area contributed by atoms with E-state index in [1.54, 1.807) is 7.11 Å². The second-order valence-electron chi connectivity index (χ2n) is 3.88. The number of hydrogen-bond acceptors (Lipinski definition) is 4. The number of aromatic nitrogens is 1. The third-order valence-electron chi connectivity index (χ3n) is 2.49. The molecule has 1 aromatic carbocycles. The van der Waals surface area contributed by atoms with Crippen LogP contribution >= 0.6 is 0 Å². The molecule has 0 N–H and O–H groups in total. The topological polar surface area (TPSA) is 38.5 Å². The van der Waals surface area contributed by atoms with Gasteiger partial charge in [-0.2, -0.15) is 4.98 Å². The Morgan fingerprint density at radius 1 is 1.44 bits per heavy atom. The number of rotatable bonds is 4. The third kappa shape index (κ3) is 2.17. The summed E-state index contributed by atoms with van der Waals surface area (Å²) >= 11 is 0. The lowest BCUT2D eigenvalue weighted by Gasteiger charge is -2.12. The summed E-state index contributed by atoms with van der Waals surface area (Å²) in [5, 5.41) is 0. The van der Waals surface area contributed by atoms with Gasteiger partial charge in [-0.25, -0.2) is 0 Å². The van der Waals surface area contributed by atoms with Crippen LogP contribution in [0.5, 0.6) is 0 Å². The Labute approximate surface area is 94.8 Å². The third-order valence-corrected chi connectivity index (χ3v) is 2.49. The van der Waals surface area contributed by atoms with Crippen LogP contribution in [0.2, 0.25) is 0 Å². The van der Waals surface area contributed by atoms with Crippen LogP contribution in [0.3, 0.4) is 0 Å². The quantitative estimate of drug-likeness (QED) is 0.792. The van der Waals surface area contributed by atoms with Gasteiger partial charge in [0.1, 0.15) is 5.52 Å². The molecule has 0 aliphatic rings. The van der Waals surface area contributed by atoms with E-state index in [4.69, 9.17) is 9.15 Å². The van der Waals surface area contributed by atoms with Gasteiger partial charge in [-0.3, -0.25) is 0 Å². The van der Waals surface area contributed by atoms with E-state index in [9.17, 15) is 0 Å². The van der Waals surface area contributed by atoms with Crippen LogP contribution in [0.1, 0.15) is 5.56 Å². The second kappa shape index (κ2) is 4.53. The fraction of sp³-hybridized carbons (Fsp3) is 0.417. The average molecular weight is 220 g/mol. The summed E-state index contributed by atoms with van der Waals surface area (Å²) < 4.78 is 10.7. The number of anilines is 1. The molecule has 2 rings (SSSR count). The molecular formula is C12H16N2O2. The van der Waals surface area contributed by atoms with Crippen molar-refractivity contribution in [2.24, 2.45) is 0 Å². The Bertz CT molecular complexity index is 479. The van der Waals surface area contributed by atoms with Gasteiger partial charge in [-0.1, -0.05) is 6.07 Å². The fourth-order valence-electron chi connectivity index (χ4n) is 1.51. The number of hydrogen-bond donors (Lipinski definition) is 0. The first-order chi connectivity index (χ1) is 7.70. The number of methoxy groups -OCH3 is 1. The molecule has 4 nitrogen and oxygen atoms in total. The molecule has 0 aliphatic heterocycles. The molecule has 0 unspecified atom stereocenters. The highest BCUT2D eigenvalue weighted by atomic mass is 16.5. The molecule has 86 valence electrons. The summed E-state index contributed by atoms with van der Waals surface area (Å²) in [5.74, 6) is 0. The number of ether oxygens (including phenoxy) is 1. The monoisotopic (exact) mass is 220 g/mol. The molecule has 0 atom stereocenters. The van der Waals surface area contributed by atoms with Gasteiger partial charge in [0, 0.05) is 20.7 Å². The molecule has 16 heavy (non-hydrogen) atoms. The van der Waals surface area contributed by atoms with Crippen molar-refractivity contribution in [2.45, 2.75) is 6.92 Å². The van der Waals surface area contributed by atoms with Crippen LogP contribution in [0.25, 0.3) is 11.1 Å². The summed E-state index contributed by atoms with van der Waals surface area (Å²) in [6.07, 6.45) is 0. The molecule has 0 radical (unpaired) electrons. The van der Waals surface area contributed by atoms with Crippen molar-refractivity contribution in [2.75, 3.05) is 32.2 Å². The van der Waals surface area contributed by atoms with Crippen molar-refractivity contribution in [1.82, 2.24) is 4.98 Å². The van der Waals surface area contributed by atoms with E-state index in [1.807, 2.05) is 37.1 Å². The van der Waals surface area contributed by atoms with Crippen molar-refractivity contribution >= 4 is 17.1 Å². The zero-order valence-electron chi connectivity index (χ0n) is 9.86.